The lowest BCUT2D eigenvalue weighted by atomic mass is 10.5. The lowest BCUT2D eigenvalue weighted by Gasteiger charge is -1.93. The fourth-order valence-electron chi connectivity index (χ4n) is 0.789. The molecule has 1 aromatic rings. The van der Waals surface area contributed by atoms with Gasteiger partial charge in [-0.1, -0.05) is 0 Å². The molecule has 1 aromatic heterocycles. The Balaban J connectivity index is 3.16. The second kappa shape index (κ2) is 4.20. The van der Waals surface area contributed by atoms with E-state index in [1.807, 2.05) is 12.3 Å². The minimum absolute atomic E-state index is 0.853. The van der Waals surface area contributed by atoms with E-state index in [2.05, 4.69) is 0 Å². The lowest BCUT2D eigenvalue weighted by Crippen LogP contribution is -1.84. The smallest absolute Gasteiger partial charge is 0.0764 e. The molecule has 1 rings (SSSR count). The second-order valence-electron chi connectivity index (χ2n) is 2.10. The van der Waals surface area contributed by atoms with Crippen molar-refractivity contribution in [2.75, 3.05) is 12.5 Å². The molecule has 0 fully saturated rings. The maximum atomic E-state index is 11.2. The van der Waals surface area contributed by atoms with Crippen molar-refractivity contribution in [2.24, 2.45) is 0 Å². The van der Waals surface area contributed by atoms with E-state index in [4.69, 9.17) is 5.41 Å². The number of nitrogens with one attached hydrogen (secondary N) is 1. The third-order valence-electron chi connectivity index (χ3n) is 1.32. The molecule has 66 valence electrons. The van der Waals surface area contributed by atoms with Crippen molar-refractivity contribution in [1.82, 2.24) is 0 Å². The topological polar surface area (TPSA) is 40.9 Å². The first-order chi connectivity index (χ1) is 5.69. The van der Waals surface area contributed by atoms with Crippen LogP contribution in [0.2, 0.25) is 0 Å². The van der Waals surface area contributed by atoms with E-state index in [1.165, 1.54) is 17.6 Å². The van der Waals surface area contributed by atoms with Crippen molar-refractivity contribution >= 4 is 40.1 Å². The third kappa shape index (κ3) is 1.97. The van der Waals surface area contributed by atoms with Gasteiger partial charge in [-0.15, -0.1) is 23.1 Å². The number of hydrogen-bond donors (Lipinski definition) is 1. The van der Waals surface area contributed by atoms with Crippen molar-refractivity contribution in [3.63, 3.8) is 0 Å². The van der Waals surface area contributed by atoms with Gasteiger partial charge < -0.3 is 5.41 Å². The molecule has 0 aliphatic rings. The summed E-state index contributed by atoms with van der Waals surface area (Å²) in [6, 6.07) is 1.82. The van der Waals surface area contributed by atoms with Gasteiger partial charge in [0.1, 0.15) is 0 Å². The van der Waals surface area contributed by atoms with Crippen LogP contribution in [0.1, 0.15) is 4.88 Å². The first-order valence-electron chi connectivity index (χ1n) is 3.20. The molecule has 1 atom stereocenters. The maximum absolute atomic E-state index is 11.2. The van der Waals surface area contributed by atoms with Crippen molar-refractivity contribution in [2.45, 2.75) is 9.10 Å². The van der Waals surface area contributed by atoms with E-state index in [0.717, 1.165) is 14.0 Å². The molecule has 1 heterocycles. The number of hydrogen-bond acceptors (Lipinski definition) is 4. The van der Waals surface area contributed by atoms with Crippen molar-refractivity contribution in [1.29, 1.82) is 5.41 Å². The molecule has 0 spiro atoms. The molecule has 0 radical (unpaired) electrons. The molecule has 0 aliphatic carbocycles. The van der Waals surface area contributed by atoms with Crippen LogP contribution in [0.25, 0.3) is 0 Å². The minimum atomic E-state index is -0.935. The highest BCUT2D eigenvalue weighted by Gasteiger charge is 2.09. The highest BCUT2D eigenvalue weighted by atomic mass is 32.2. The average Bonchev–Trinajstić information content (AvgIpc) is 2.47. The second-order valence-corrected chi connectivity index (χ2v) is 5.61. The summed E-state index contributed by atoms with van der Waals surface area (Å²) in [7, 11) is -0.935. The Labute approximate surface area is 82.3 Å². The molecule has 1 N–H and O–H groups in total. The summed E-state index contributed by atoms with van der Waals surface area (Å²) in [5.41, 5.74) is 0. The van der Waals surface area contributed by atoms with Crippen LogP contribution in [0.3, 0.4) is 0 Å². The summed E-state index contributed by atoms with van der Waals surface area (Å²) in [6.45, 7) is 0. The van der Waals surface area contributed by atoms with Crippen molar-refractivity contribution in [3.8, 4) is 0 Å². The Kier molecular flexibility index (Phi) is 3.49. The largest absolute Gasteiger partial charge is 0.307 e. The first kappa shape index (κ1) is 9.95. The number of thiophene rings is 1. The third-order valence-corrected chi connectivity index (χ3v) is 4.74. The molecule has 2 nitrogen and oxygen atoms in total. The normalized spacial score (nSPS) is 12.8. The van der Waals surface area contributed by atoms with E-state index in [-0.39, 0.29) is 0 Å². The van der Waals surface area contributed by atoms with Crippen LogP contribution in [0.15, 0.2) is 15.2 Å². The van der Waals surface area contributed by atoms with Crippen LogP contribution < -0.4 is 0 Å². The highest BCUT2D eigenvalue weighted by Crippen LogP contribution is 2.31. The van der Waals surface area contributed by atoms with Gasteiger partial charge in [0.05, 0.1) is 19.9 Å². The van der Waals surface area contributed by atoms with Crippen LogP contribution in [-0.2, 0) is 10.8 Å². The highest BCUT2D eigenvalue weighted by molar-refractivity contribution is 8.01. The number of rotatable bonds is 3. The Morgan fingerprint density at radius 3 is 2.75 bits per heavy atom. The SMILES string of the molecule is CSc1sc(C=N)cc1S(C)=O. The number of thioether (sulfide) groups is 1. The average molecular weight is 219 g/mol. The van der Waals surface area contributed by atoms with Gasteiger partial charge in [-0.3, -0.25) is 4.21 Å². The first-order valence-corrected chi connectivity index (χ1v) is 6.80. The summed E-state index contributed by atoms with van der Waals surface area (Å²) in [5.74, 6) is 0. The van der Waals surface area contributed by atoms with Gasteiger partial charge in [-0.2, -0.15) is 0 Å². The Hall–Kier alpha value is -0.130. The molecule has 0 aliphatic heterocycles. The van der Waals surface area contributed by atoms with E-state index < -0.39 is 10.8 Å². The Morgan fingerprint density at radius 2 is 2.42 bits per heavy atom. The molecule has 0 bridgehead atoms. The molecule has 0 amide bonds. The molecule has 5 heteroatoms. The zero-order valence-corrected chi connectivity index (χ0v) is 9.24. The van der Waals surface area contributed by atoms with Crippen molar-refractivity contribution in [3.05, 3.63) is 10.9 Å². The predicted octanol–water partition coefficient (Wildman–Crippen LogP) is 2.21. The van der Waals surface area contributed by atoms with Crippen molar-refractivity contribution < 1.29 is 4.21 Å². The molecule has 0 saturated carbocycles. The van der Waals surface area contributed by atoms with Gasteiger partial charge in [0.25, 0.3) is 0 Å². The molecule has 0 saturated heterocycles. The van der Waals surface area contributed by atoms with Crippen LogP contribution in [0.5, 0.6) is 0 Å². The van der Waals surface area contributed by atoms with Gasteiger partial charge >= 0.3 is 0 Å². The fourth-order valence-corrected chi connectivity index (χ4v) is 3.96. The predicted molar refractivity (Wildman–Crippen MR) is 56.3 cm³/mol. The van der Waals surface area contributed by atoms with Gasteiger partial charge in [-0.05, 0) is 12.3 Å². The van der Waals surface area contributed by atoms with E-state index in [1.54, 1.807) is 18.0 Å². The standard InChI is InChI=1S/C7H9NOS3/c1-10-7-6(12(2)9)3-5(4-8)11-7/h3-4,8H,1-2H3. The van der Waals surface area contributed by atoms with Crippen LogP contribution in [0, 0.1) is 5.41 Å². The molecular weight excluding hydrogens is 210 g/mol. The van der Waals surface area contributed by atoms with Gasteiger partial charge in [0.2, 0.25) is 0 Å². The zero-order valence-electron chi connectivity index (χ0n) is 6.79. The molecule has 12 heavy (non-hydrogen) atoms. The summed E-state index contributed by atoms with van der Waals surface area (Å²) in [5, 5.41) is 7.05. The minimum Gasteiger partial charge on any atom is -0.307 e. The molecular formula is C7H9NOS3. The monoisotopic (exact) mass is 219 g/mol. The fraction of sp³-hybridized carbons (Fsp3) is 0.286. The Morgan fingerprint density at radius 1 is 1.75 bits per heavy atom. The van der Waals surface area contributed by atoms with Crippen LogP contribution >= 0.6 is 23.1 Å². The van der Waals surface area contributed by atoms with Crippen LogP contribution in [0.4, 0.5) is 0 Å². The maximum Gasteiger partial charge on any atom is 0.0764 e. The quantitative estimate of drug-likeness (QED) is 0.625. The van der Waals surface area contributed by atoms with Gasteiger partial charge in [0.15, 0.2) is 0 Å². The molecule has 1 unspecified atom stereocenters. The zero-order chi connectivity index (χ0) is 9.14. The van der Waals surface area contributed by atoms with Crippen LogP contribution in [-0.4, -0.2) is 22.9 Å². The summed E-state index contributed by atoms with van der Waals surface area (Å²) >= 11 is 3.10. The van der Waals surface area contributed by atoms with E-state index in [9.17, 15) is 4.21 Å². The van der Waals surface area contributed by atoms with Gasteiger partial charge in [-0.25, -0.2) is 0 Å². The van der Waals surface area contributed by atoms with E-state index >= 15 is 0 Å². The lowest BCUT2D eigenvalue weighted by molar-refractivity contribution is 0.686. The van der Waals surface area contributed by atoms with E-state index in [0.29, 0.717) is 0 Å². The summed E-state index contributed by atoms with van der Waals surface area (Å²) < 4.78 is 12.2. The molecule has 0 aromatic carbocycles. The Bertz CT molecular complexity index is 318. The summed E-state index contributed by atoms with van der Waals surface area (Å²) in [6.07, 6.45) is 4.91. The van der Waals surface area contributed by atoms with Gasteiger partial charge in [0, 0.05) is 17.3 Å². The summed E-state index contributed by atoms with van der Waals surface area (Å²) in [4.78, 5) is 1.72.